The Labute approximate surface area is 105 Å². The van der Waals surface area contributed by atoms with Gasteiger partial charge in [-0.15, -0.1) is 0 Å². The third kappa shape index (κ3) is 1.35. The molecule has 0 aliphatic rings. The maximum atomic E-state index is 11.7. The second kappa shape index (κ2) is 3.59. The van der Waals surface area contributed by atoms with E-state index in [1.165, 1.54) is 0 Å². The molecule has 3 heteroatoms. The zero-order valence-electron chi connectivity index (χ0n) is 8.24. The molecule has 0 bridgehead atoms. The Morgan fingerprint density at radius 3 is 2.50 bits per heavy atom. The molecular formula is C13H7IO2. The second-order valence-electron chi connectivity index (χ2n) is 3.55. The van der Waals surface area contributed by atoms with E-state index in [4.69, 9.17) is 4.42 Å². The van der Waals surface area contributed by atoms with E-state index in [0.29, 0.717) is 11.0 Å². The lowest BCUT2D eigenvalue weighted by Crippen LogP contribution is -1.99. The smallest absolute Gasteiger partial charge is 0.344 e. The maximum absolute atomic E-state index is 11.7. The van der Waals surface area contributed by atoms with E-state index >= 15 is 0 Å². The first-order valence-corrected chi connectivity index (χ1v) is 5.95. The van der Waals surface area contributed by atoms with Crippen molar-refractivity contribution in [3.63, 3.8) is 0 Å². The molecule has 0 aliphatic heterocycles. The Bertz CT molecular complexity index is 744. The Morgan fingerprint density at radius 2 is 1.69 bits per heavy atom. The molecule has 0 aliphatic carbocycles. The second-order valence-corrected chi connectivity index (χ2v) is 4.71. The van der Waals surface area contributed by atoms with Crippen LogP contribution >= 0.6 is 22.6 Å². The van der Waals surface area contributed by atoms with E-state index in [9.17, 15) is 4.79 Å². The highest BCUT2D eigenvalue weighted by Gasteiger charge is 2.08. The average Bonchev–Trinajstić information content (AvgIpc) is 2.29. The largest absolute Gasteiger partial charge is 0.422 e. The van der Waals surface area contributed by atoms with Gasteiger partial charge >= 0.3 is 5.63 Å². The summed E-state index contributed by atoms with van der Waals surface area (Å²) in [6, 6.07) is 13.3. The van der Waals surface area contributed by atoms with Crippen LogP contribution < -0.4 is 5.63 Å². The van der Waals surface area contributed by atoms with Gasteiger partial charge in [-0.1, -0.05) is 24.3 Å². The van der Waals surface area contributed by atoms with Gasteiger partial charge in [-0.25, -0.2) is 4.79 Å². The van der Waals surface area contributed by atoms with Crippen molar-refractivity contribution in [2.75, 3.05) is 0 Å². The van der Waals surface area contributed by atoms with E-state index in [1.54, 1.807) is 6.07 Å². The summed E-state index contributed by atoms with van der Waals surface area (Å²) in [7, 11) is 0. The zero-order valence-corrected chi connectivity index (χ0v) is 10.4. The minimum Gasteiger partial charge on any atom is -0.422 e. The summed E-state index contributed by atoms with van der Waals surface area (Å²) in [6.07, 6.45) is 0. The highest BCUT2D eigenvalue weighted by Crippen LogP contribution is 2.26. The van der Waals surface area contributed by atoms with Gasteiger partial charge in [0.15, 0.2) is 0 Å². The molecule has 0 spiro atoms. The summed E-state index contributed by atoms with van der Waals surface area (Å²) in [6.45, 7) is 0. The molecule has 0 radical (unpaired) electrons. The fourth-order valence-corrected chi connectivity index (χ4v) is 2.65. The summed E-state index contributed by atoms with van der Waals surface area (Å²) >= 11 is 2.26. The molecule has 16 heavy (non-hydrogen) atoms. The predicted molar refractivity (Wildman–Crippen MR) is 72.7 cm³/mol. The summed E-state index contributed by atoms with van der Waals surface area (Å²) in [5.74, 6) is 0. The van der Waals surface area contributed by atoms with Crippen molar-refractivity contribution in [3.05, 3.63) is 56.5 Å². The van der Waals surface area contributed by atoms with Gasteiger partial charge in [-0.2, -0.15) is 0 Å². The van der Waals surface area contributed by atoms with E-state index in [-0.39, 0.29) is 5.63 Å². The predicted octanol–water partition coefficient (Wildman–Crippen LogP) is 3.55. The molecule has 78 valence electrons. The van der Waals surface area contributed by atoms with Crippen molar-refractivity contribution in [2.24, 2.45) is 0 Å². The third-order valence-electron chi connectivity index (χ3n) is 2.59. The van der Waals surface area contributed by atoms with Gasteiger partial charge in [0.2, 0.25) is 0 Å². The molecule has 2 nitrogen and oxygen atoms in total. The van der Waals surface area contributed by atoms with Crippen LogP contribution in [0.15, 0.2) is 51.7 Å². The standard InChI is InChI=1S/C13H7IO2/c14-10-6-3-7-11-12(10)8-4-1-2-5-9(8)13(15)16-11/h1-7H. The van der Waals surface area contributed by atoms with Gasteiger partial charge in [0.05, 0.1) is 5.39 Å². The highest BCUT2D eigenvalue weighted by molar-refractivity contribution is 14.1. The van der Waals surface area contributed by atoms with Crippen molar-refractivity contribution < 1.29 is 4.42 Å². The summed E-state index contributed by atoms with van der Waals surface area (Å²) in [5.41, 5.74) is 0.376. The molecular weight excluding hydrogens is 315 g/mol. The molecule has 1 heterocycles. The quantitative estimate of drug-likeness (QED) is 0.360. The molecule has 0 unspecified atom stereocenters. The number of benzene rings is 2. The lowest BCUT2D eigenvalue weighted by molar-refractivity contribution is 0.569. The van der Waals surface area contributed by atoms with E-state index in [0.717, 1.165) is 14.3 Å². The molecule has 2 aromatic carbocycles. The summed E-state index contributed by atoms with van der Waals surface area (Å²) < 4.78 is 6.39. The van der Waals surface area contributed by atoms with Crippen LogP contribution in [0.1, 0.15) is 0 Å². The van der Waals surface area contributed by atoms with Crippen molar-refractivity contribution in [3.8, 4) is 0 Å². The average molecular weight is 322 g/mol. The molecule has 0 saturated heterocycles. The van der Waals surface area contributed by atoms with E-state index in [1.807, 2.05) is 36.4 Å². The summed E-state index contributed by atoms with van der Waals surface area (Å²) in [5, 5.41) is 2.61. The fraction of sp³-hybridized carbons (Fsp3) is 0. The van der Waals surface area contributed by atoms with Crippen molar-refractivity contribution in [1.29, 1.82) is 0 Å². The SMILES string of the molecule is O=c1oc2cccc(I)c2c2ccccc12. The van der Waals surface area contributed by atoms with Gasteiger partial charge < -0.3 is 4.42 Å². The third-order valence-corrected chi connectivity index (χ3v) is 3.49. The van der Waals surface area contributed by atoms with Crippen LogP contribution in [0.25, 0.3) is 21.7 Å². The molecule has 1 aromatic heterocycles. The Balaban J connectivity index is 2.72. The molecule has 0 N–H and O–H groups in total. The van der Waals surface area contributed by atoms with Gasteiger partial charge in [0, 0.05) is 14.3 Å². The molecule has 0 amide bonds. The molecule has 0 fully saturated rings. The number of halogens is 1. The minimum atomic E-state index is -0.273. The van der Waals surface area contributed by atoms with Crippen LogP contribution in [-0.2, 0) is 0 Å². The first-order valence-electron chi connectivity index (χ1n) is 4.87. The van der Waals surface area contributed by atoms with Crippen LogP contribution in [0, 0.1) is 3.57 Å². The minimum absolute atomic E-state index is 0.273. The topological polar surface area (TPSA) is 30.2 Å². The number of hydrogen-bond donors (Lipinski definition) is 0. The molecule has 3 rings (SSSR count). The monoisotopic (exact) mass is 322 g/mol. The zero-order chi connectivity index (χ0) is 11.1. The first kappa shape index (κ1) is 9.84. The van der Waals surface area contributed by atoms with Crippen LogP contribution in [0.5, 0.6) is 0 Å². The van der Waals surface area contributed by atoms with Gasteiger partial charge in [-0.05, 0) is 40.8 Å². The molecule has 0 saturated carbocycles. The van der Waals surface area contributed by atoms with E-state index in [2.05, 4.69) is 22.6 Å². The van der Waals surface area contributed by atoms with Crippen molar-refractivity contribution in [2.45, 2.75) is 0 Å². The lowest BCUT2D eigenvalue weighted by atomic mass is 10.1. The maximum Gasteiger partial charge on any atom is 0.344 e. The van der Waals surface area contributed by atoms with Crippen LogP contribution in [-0.4, -0.2) is 0 Å². The molecule has 3 aromatic rings. The van der Waals surface area contributed by atoms with Crippen LogP contribution in [0.4, 0.5) is 0 Å². The first-order chi connectivity index (χ1) is 7.77. The number of hydrogen-bond acceptors (Lipinski definition) is 2. The Morgan fingerprint density at radius 1 is 0.938 bits per heavy atom. The Kier molecular flexibility index (Phi) is 2.21. The van der Waals surface area contributed by atoms with Crippen LogP contribution in [0.3, 0.4) is 0 Å². The van der Waals surface area contributed by atoms with Crippen molar-refractivity contribution in [1.82, 2.24) is 0 Å². The van der Waals surface area contributed by atoms with Crippen molar-refractivity contribution >= 4 is 44.3 Å². The number of fused-ring (bicyclic) bond motifs is 3. The highest BCUT2D eigenvalue weighted by atomic mass is 127. The fourth-order valence-electron chi connectivity index (χ4n) is 1.88. The summed E-state index contributed by atoms with van der Waals surface area (Å²) in [4.78, 5) is 11.7. The van der Waals surface area contributed by atoms with Gasteiger partial charge in [0.1, 0.15) is 5.58 Å². The number of rotatable bonds is 0. The Hall–Kier alpha value is -1.36. The molecule has 0 atom stereocenters. The van der Waals surface area contributed by atoms with Crippen LogP contribution in [0.2, 0.25) is 0 Å². The lowest BCUT2D eigenvalue weighted by Gasteiger charge is -2.03. The van der Waals surface area contributed by atoms with Gasteiger partial charge in [-0.3, -0.25) is 0 Å². The van der Waals surface area contributed by atoms with Gasteiger partial charge in [0.25, 0.3) is 0 Å². The normalized spacial score (nSPS) is 11.1. The van der Waals surface area contributed by atoms with E-state index < -0.39 is 0 Å².